The number of alkyl halides is 1. The SMILES string of the molecule is COc1cccc(CC(Br)c2cc(I)ccc2Br)c1. The Morgan fingerprint density at radius 3 is 2.74 bits per heavy atom. The maximum absolute atomic E-state index is 5.26. The van der Waals surface area contributed by atoms with Crippen LogP contribution in [0.4, 0.5) is 0 Å². The fourth-order valence-electron chi connectivity index (χ4n) is 1.87. The van der Waals surface area contributed by atoms with E-state index < -0.39 is 0 Å². The van der Waals surface area contributed by atoms with E-state index in [4.69, 9.17) is 4.74 Å². The predicted octanol–water partition coefficient (Wildman–Crippen LogP) is 5.74. The molecule has 0 aliphatic heterocycles. The van der Waals surface area contributed by atoms with Gasteiger partial charge >= 0.3 is 0 Å². The lowest BCUT2D eigenvalue weighted by Gasteiger charge is -2.13. The molecule has 4 heteroatoms. The van der Waals surface area contributed by atoms with E-state index in [0.29, 0.717) is 0 Å². The fraction of sp³-hybridized carbons (Fsp3) is 0.200. The number of benzene rings is 2. The summed E-state index contributed by atoms with van der Waals surface area (Å²) >= 11 is 9.73. The molecule has 0 amide bonds. The third-order valence-corrected chi connectivity index (χ3v) is 5.05. The van der Waals surface area contributed by atoms with Crippen molar-refractivity contribution in [2.45, 2.75) is 11.2 Å². The Bertz CT molecular complexity index is 572. The topological polar surface area (TPSA) is 9.23 Å². The summed E-state index contributed by atoms with van der Waals surface area (Å²) in [5, 5.41) is 0. The average Bonchev–Trinajstić information content (AvgIpc) is 2.41. The lowest BCUT2D eigenvalue weighted by atomic mass is 10.0. The van der Waals surface area contributed by atoms with E-state index in [2.05, 4.69) is 84.8 Å². The molecule has 0 bridgehead atoms. The molecule has 1 atom stereocenters. The second-order valence-corrected chi connectivity index (χ2v) is 7.39. The van der Waals surface area contributed by atoms with Crippen molar-refractivity contribution in [2.75, 3.05) is 7.11 Å². The zero-order valence-electron chi connectivity index (χ0n) is 10.4. The van der Waals surface area contributed by atoms with Gasteiger partial charge in [0.05, 0.1) is 7.11 Å². The summed E-state index contributed by atoms with van der Waals surface area (Å²) in [7, 11) is 1.70. The van der Waals surface area contributed by atoms with Crippen LogP contribution < -0.4 is 4.74 Å². The van der Waals surface area contributed by atoms with Crippen molar-refractivity contribution in [3.05, 3.63) is 61.6 Å². The van der Waals surface area contributed by atoms with Gasteiger partial charge in [0, 0.05) is 12.9 Å². The van der Waals surface area contributed by atoms with Crippen LogP contribution in [0.1, 0.15) is 16.0 Å². The highest BCUT2D eigenvalue weighted by atomic mass is 127. The minimum Gasteiger partial charge on any atom is -0.497 e. The lowest BCUT2D eigenvalue weighted by molar-refractivity contribution is 0.414. The van der Waals surface area contributed by atoms with E-state index in [1.54, 1.807) is 7.11 Å². The Morgan fingerprint density at radius 2 is 2.00 bits per heavy atom. The molecule has 0 heterocycles. The van der Waals surface area contributed by atoms with Crippen LogP contribution in [0.25, 0.3) is 0 Å². The minimum atomic E-state index is 0.281. The maximum Gasteiger partial charge on any atom is 0.119 e. The molecule has 0 saturated heterocycles. The molecule has 0 N–H and O–H groups in total. The molecule has 1 nitrogen and oxygen atoms in total. The van der Waals surface area contributed by atoms with Gasteiger partial charge in [0.1, 0.15) is 5.75 Å². The van der Waals surface area contributed by atoms with Gasteiger partial charge in [0.2, 0.25) is 0 Å². The Hall–Kier alpha value is -0.0700. The normalized spacial score (nSPS) is 12.2. The first-order valence-corrected chi connectivity index (χ1v) is 8.61. The predicted molar refractivity (Wildman–Crippen MR) is 95.2 cm³/mol. The van der Waals surface area contributed by atoms with Crippen LogP contribution in [0.2, 0.25) is 0 Å². The first-order chi connectivity index (χ1) is 9.10. The highest BCUT2D eigenvalue weighted by Crippen LogP contribution is 2.34. The summed E-state index contributed by atoms with van der Waals surface area (Å²) in [5.41, 5.74) is 2.53. The monoisotopic (exact) mass is 494 g/mol. The summed E-state index contributed by atoms with van der Waals surface area (Å²) in [6.45, 7) is 0. The second-order valence-electron chi connectivity index (χ2n) is 4.19. The van der Waals surface area contributed by atoms with Crippen molar-refractivity contribution >= 4 is 54.5 Å². The van der Waals surface area contributed by atoms with Gasteiger partial charge in [0.25, 0.3) is 0 Å². The summed E-state index contributed by atoms with van der Waals surface area (Å²) in [4.78, 5) is 0.281. The molecular weight excluding hydrogens is 483 g/mol. The third kappa shape index (κ3) is 4.20. The molecule has 100 valence electrons. The first kappa shape index (κ1) is 15.3. The minimum absolute atomic E-state index is 0.281. The van der Waals surface area contributed by atoms with E-state index in [-0.39, 0.29) is 4.83 Å². The highest BCUT2D eigenvalue weighted by Gasteiger charge is 2.12. The summed E-state index contributed by atoms with van der Waals surface area (Å²) in [5.74, 6) is 0.902. The molecular formula is C15H13Br2IO. The average molecular weight is 496 g/mol. The molecule has 2 rings (SSSR count). The zero-order chi connectivity index (χ0) is 13.8. The molecule has 2 aromatic rings. The maximum atomic E-state index is 5.26. The van der Waals surface area contributed by atoms with Gasteiger partial charge in [-0.1, -0.05) is 44.0 Å². The smallest absolute Gasteiger partial charge is 0.119 e. The third-order valence-electron chi connectivity index (χ3n) is 2.84. The van der Waals surface area contributed by atoms with Crippen LogP contribution in [-0.4, -0.2) is 7.11 Å². The molecule has 0 fully saturated rings. The van der Waals surface area contributed by atoms with Crippen LogP contribution >= 0.6 is 54.5 Å². The quantitative estimate of drug-likeness (QED) is 0.388. The summed E-state index contributed by atoms with van der Waals surface area (Å²) < 4.78 is 7.64. The van der Waals surface area contributed by atoms with Gasteiger partial charge in [-0.15, -0.1) is 0 Å². The summed E-state index contributed by atoms with van der Waals surface area (Å²) in [6, 6.07) is 14.6. The Balaban J connectivity index is 2.20. The number of hydrogen-bond acceptors (Lipinski definition) is 1. The molecule has 0 aliphatic carbocycles. The van der Waals surface area contributed by atoms with Gasteiger partial charge < -0.3 is 4.74 Å². The lowest BCUT2D eigenvalue weighted by Crippen LogP contribution is -1.97. The molecule has 1 unspecified atom stereocenters. The second kappa shape index (κ2) is 7.09. The first-order valence-electron chi connectivity index (χ1n) is 5.82. The molecule has 0 aliphatic rings. The van der Waals surface area contributed by atoms with Crippen molar-refractivity contribution in [2.24, 2.45) is 0 Å². The number of rotatable bonds is 4. The number of hydrogen-bond donors (Lipinski definition) is 0. The van der Waals surface area contributed by atoms with E-state index in [1.165, 1.54) is 14.7 Å². The summed E-state index contributed by atoms with van der Waals surface area (Å²) in [6.07, 6.45) is 0.926. The molecule has 19 heavy (non-hydrogen) atoms. The van der Waals surface area contributed by atoms with E-state index >= 15 is 0 Å². The molecule has 0 spiro atoms. The van der Waals surface area contributed by atoms with Crippen molar-refractivity contribution in [3.8, 4) is 5.75 Å². The number of halogens is 3. The van der Waals surface area contributed by atoms with Crippen LogP contribution in [0.15, 0.2) is 46.9 Å². The van der Waals surface area contributed by atoms with E-state index in [1.807, 2.05) is 12.1 Å². The van der Waals surface area contributed by atoms with Crippen molar-refractivity contribution in [1.29, 1.82) is 0 Å². The molecule has 2 aromatic carbocycles. The highest BCUT2D eigenvalue weighted by molar-refractivity contribution is 14.1. The van der Waals surface area contributed by atoms with Gasteiger partial charge in [-0.3, -0.25) is 0 Å². The van der Waals surface area contributed by atoms with Crippen molar-refractivity contribution in [1.82, 2.24) is 0 Å². The van der Waals surface area contributed by atoms with E-state index in [9.17, 15) is 0 Å². The Labute approximate surface area is 144 Å². The van der Waals surface area contributed by atoms with Crippen LogP contribution in [0.5, 0.6) is 5.75 Å². The largest absolute Gasteiger partial charge is 0.497 e. The van der Waals surface area contributed by atoms with Gasteiger partial charge in [-0.25, -0.2) is 0 Å². The standard InChI is InChI=1S/C15H13Br2IO/c1-19-12-4-2-3-10(7-12)8-15(17)13-9-11(18)5-6-14(13)16/h2-7,9,15H,8H2,1H3. The fourth-order valence-corrected chi connectivity index (χ4v) is 3.97. The number of methoxy groups -OCH3 is 1. The molecule has 0 aromatic heterocycles. The van der Waals surface area contributed by atoms with Gasteiger partial charge in [-0.05, 0) is 70.5 Å². The van der Waals surface area contributed by atoms with Gasteiger partial charge in [0.15, 0.2) is 0 Å². The van der Waals surface area contributed by atoms with Crippen LogP contribution in [0, 0.1) is 3.57 Å². The zero-order valence-corrected chi connectivity index (χ0v) is 15.7. The van der Waals surface area contributed by atoms with E-state index in [0.717, 1.165) is 16.6 Å². The number of ether oxygens (including phenoxy) is 1. The van der Waals surface area contributed by atoms with Crippen LogP contribution in [0.3, 0.4) is 0 Å². The van der Waals surface area contributed by atoms with Crippen molar-refractivity contribution < 1.29 is 4.74 Å². The van der Waals surface area contributed by atoms with Crippen molar-refractivity contribution in [3.63, 3.8) is 0 Å². The molecule has 0 saturated carbocycles. The molecule has 0 radical (unpaired) electrons. The Kier molecular flexibility index (Phi) is 5.71. The Morgan fingerprint density at radius 1 is 1.21 bits per heavy atom. The van der Waals surface area contributed by atoms with Gasteiger partial charge in [-0.2, -0.15) is 0 Å². The van der Waals surface area contributed by atoms with Crippen LogP contribution in [-0.2, 0) is 6.42 Å².